The lowest BCUT2D eigenvalue weighted by Gasteiger charge is -2.34. The van der Waals surface area contributed by atoms with Gasteiger partial charge in [-0.2, -0.15) is 13.5 Å². The lowest BCUT2D eigenvalue weighted by Crippen LogP contribution is -2.44. The highest BCUT2D eigenvalue weighted by Crippen LogP contribution is 2.48. The van der Waals surface area contributed by atoms with Crippen molar-refractivity contribution in [2.45, 2.75) is 45.1 Å². The van der Waals surface area contributed by atoms with Gasteiger partial charge in [0.1, 0.15) is 4.83 Å². The first-order valence-corrected chi connectivity index (χ1v) is 14.4. The monoisotopic (exact) mass is 488 g/mol. The van der Waals surface area contributed by atoms with Crippen molar-refractivity contribution < 1.29 is 12.6 Å². The first kappa shape index (κ1) is 22.7. The number of fused-ring (bicyclic) bond motifs is 1. The number of aromatic nitrogens is 2. The Bertz CT molecular complexity index is 1230. The number of likely N-dealkylation sites (N-methyl/N-ethyl adjacent to an activating group) is 1. The second-order valence-electron chi connectivity index (χ2n) is 9.39. The van der Waals surface area contributed by atoms with Crippen molar-refractivity contribution in [2.24, 2.45) is 0 Å². The van der Waals surface area contributed by atoms with Crippen LogP contribution in [0.1, 0.15) is 43.8 Å². The molecule has 3 aromatic rings. The Morgan fingerprint density at radius 2 is 1.70 bits per heavy atom. The molecule has 3 heterocycles. The zero-order valence-electron chi connectivity index (χ0n) is 19.6. The van der Waals surface area contributed by atoms with Gasteiger partial charge >= 0.3 is 10.1 Å². The number of piperazine rings is 1. The van der Waals surface area contributed by atoms with E-state index in [1.54, 1.807) is 11.3 Å². The third-order valence-electron chi connectivity index (χ3n) is 6.83. The first-order chi connectivity index (χ1) is 15.8. The number of nitrogens with zero attached hydrogens (tertiary/aromatic N) is 4. The van der Waals surface area contributed by atoms with Gasteiger partial charge in [-0.3, -0.25) is 4.68 Å². The number of aryl methyl sites for hydroxylation is 1. The van der Waals surface area contributed by atoms with Crippen LogP contribution in [0.15, 0.2) is 24.3 Å². The minimum atomic E-state index is -3.68. The minimum Gasteiger partial charge on any atom is -0.380 e. The molecule has 2 fully saturated rings. The Hall–Kier alpha value is -2.10. The van der Waals surface area contributed by atoms with Gasteiger partial charge in [-0.05, 0) is 44.5 Å². The van der Waals surface area contributed by atoms with Gasteiger partial charge in [-0.15, -0.1) is 11.3 Å². The van der Waals surface area contributed by atoms with Crippen LogP contribution in [-0.2, 0) is 10.1 Å². The zero-order valence-corrected chi connectivity index (χ0v) is 21.2. The van der Waals surface area contributed by atoms with Gasteiger partial charge < -0.3 is 14.0 Å². The SMILES string of the molecule is Cc1nn(C2CCCCC2)c2sc(-c3ccc(N4CCN(C)CC4)cc3)c(OS(C)(=O)=O)c12. The molecule has 7 nitrogen and oxygen atoms in total. The Kier molecular flexibility index (Phi) is 6.13. The van der Waals surface area contributed by atoms with Gasteiger partial charge in [0.05, 0.1) is 28.3 Å². The highest BCUT2D eigenvalue weighted by atomic mass is 32.2. The summed E-state index contributed by atoms with van der Waals surface area (Å²) in [6, 6.07) is 8.81. The van der Waals surface area contributed by atoms with Crippen molar-refractivity contribution in [1.29, 1.82) is 0 Å². The molecule has 0 unspecified atom stereocenters. The second kappa shape index (κ2) is 8.92. The summed E-state index contributed by atoms with van der Waals surface area (Å²) >= 11 is 1.59. The van der Waals surface area contributed by atoms with Crippen molar-refractivity contribution in [3.8, 4) is 16.2 Å². The summed E-state index contributed by atoms with van der Waals surface area (Å²) in [5, 5.41) is 5.65. The van der Waals surface area contributed by atoms with Gasteiger partial charge in [0.15, 0.2) is 5.75 Å². The molecule has 5 rings (SSSR count). The summed E-state index contributed by atoms with van der Waals surface area (Å²) in [5.74, 6) is 0.421. The van der Waals surface area contributed by atoms with Gasteiger partial charge in [0.2, 0.25) is 0 Å². The van der Waals surface area contributed by atoms with Gasteiger partial charge in [-0.25, -0.2) is 0 Å². The van der Waals surface area contributed by atoms with Crippen molar-refractivity contribution >= 4 is 37.4 Å². The predicted octanol–water partition coefficient (Wildman–Crippen LogP) is 4.67. The van der Waals surface area contributed by atoms with Crippen LogP contribution in [0.25, 0.3) is 20.7 Å². The van der Waals surface area contributed by atoms with Crippen LogP contribution in [-0.4, -0.2) is 62.6 Å². The molecule has 0 spiro atoms. The summed E-state index contributed by atoms with van der Waals surface area (Å²) in [4.78, 5) is 6.60. The summed E-state index contributed by atoms with van der Waals surface area (Å²) in [6.07, 6.45) is 7.04. The molecule has 0 radical (unpaired) electrons. The fraction of sp³-hybridized carbons (Fsp3) is 0.542. The third-order valence-corrected chi connectivity index (χ3v) is 8.51. The summed E-state index contributed by atoms with van der Waals surface area (Å²) in [6.45, 7) is 6.08. The van der Waals surface area contributed by atoms with E-state index in [2.05, 4.69) is 45.8 Å². The van der Waals surface area contributed by atoms with Crippen molar-refractivity contribution in [3.05, 3.63) is 30.0 Å². The van der Waals surface area contributed by atoms with E-state index in [9.17, 15) is 8.42 Å². The predicted molar refractivity (Wildman–Crippen MR) is 135 cm³/mol. The van der Waals surface area contributed by atoms with E-state index < -0.39 is 10.1 Å². The molecule has 2 aromatic heterocycles. The fourth-order valence-corrected chi connectivity index (χ4v) is 6.86. The highest BCUT2D eigenvalue weighted by Gasteiger charge is 2.28. The lowest BCUT2D eigenvalue weighted by atomic mass is 9.96. The quantitative estimate of drug-likeness (QED) is 0.486. The maximum atomic E-state index is 12.2. The van der Waals surface area contributed by atoms with Crippen molar-refractivity contribution in [2.75, 3.05) is 44.4 Å². The number of thiophene rings is 1. The number of hydrogen-bond acceptors (Lipinski definition) is 7. The molecule has 0 amide bonds. The van der Waals surface area contributed by atoms with E-state index >= 15 is 0 Å². The maximum Gasteiger partial charge on any atom is 0.306 e. The Balaban J connectivity index is 1.56. The van der Waals surface area contributed by atoms with Gasteiger partial charge in [-0.1, -0.05) is 31.4 Å². The maximum absolute atomic E-state index is 12.2. The average molecular weight is 489 g/mol. The molecule has 0 N–H and O–H groups in total. The average Bonchev–Trinajstić information content (AvgIpc) is 3.32. The van der Waals surface area contributed by atoms with Crippen LogP contribution in [0.4, 0.5) is 5.69 Å². The van der Waals surface area contributed by atoms with E-state index in [4.69, 9.17) is 9.28 Å². The standard InChI is InChI=1S/C24H32N4O3S2/c1-17-21-22(31-33(3,29)30)23(32-24(21)28(25-17)20-7-5-4-6-8-20)18-9-11-19(12-10-18)27-15-13-26(2)14-16-27/h9-12,20H,4-8,13-16H2,1-3H3. The molecule has 9 heteroatoms. The Morgan fingerprint density at radius 3 is 2.33 bits per heavy atom. The van der Waals surface area contributed by atoms with Crippen LogP contribution >= 0.6 is 11.3 Å². The molecule has 1 aromatic carbocycles. The van der Waals surface area contributed by atoms with Crippen molar-refractivity contribution in [3.63, 3.8) is 0 Å². The summed E-state index contributed by atoms with van der Waals surface area (Å²) < 4.78 is 32.1. The van der Waals surface area contributed by atoms with Crippen LogP contribution < -0.4 is 9.08 Å². The van der Waals surface area contributed by atoms with Crippen LogP contribution in [0.3, 0.4) is 0 Å². The highest BCUT2D eigenvalue weighted by molar-refractivity contribution is 7.86. The molecule has 0 bridgehead atoms. The normalized spacial score (nSPS) is 18.8. The largest absolute Gasteiger partial charge is 0.380 e. The number of rotatable bonds is 5. The molecule has 1 saturated heterocycles. The lowest BCUT2D eigenvalue weighted by molar-refractivity contribution is 0.313. The van der Waals surface area contributed by atoms with E-state index in [1.807, 2.05) is 6.92 Å². The topological polar surface area (TPSA) is 67.7 Å². The number of benzene rings is 1. The molecule has 1 aliphatic heterocycles. The van der Waals surface area contributed by atoms with E-state index in [0.717, 1.165) is 71.6 Å². The van der Waals surface area contributed by atoms with Crippen LogP contribution in [0.2, 0.25) is 0 Å². The zero-order chi connectivity index (χ0) is 23.2. The molecule has 1 aliphatic carbocycles. The molecule has 178 valence electrons. The molecular formula is C24H32N4O3S2. The van der Waals surface area contributed by atoms with Crippen LogP contribution in [0.5, 0.6) is 5.75 Å². The Labute approximate surface area is 200 Å². The Morgan fingerprint density at radius 1 is 1.03 bits per heavy atom. The molecular weight excluding hydrogens is 456 g/mol. The smallest absolute Gasteiger partial charge is 0.306 e. The number of hydrogen-bond donors (Lipinski definition) is 0. The summed E-state index contributed by atoms with van der Waals surface area (Å²) in [7, 11) is -1.52. The minimum absolute atomic E-state index is 0.368. The van der Waals surface area contributed by atoms with E-state index in [1.165, 1.54) is 24.9 Å². The van der Waals surface area contributed by atoms with E-state index in [-0.39, 0.29) is 0 Å². The summed E-state index contributed by atoms with van der Waals surface area (Å²) in [5.41, 5.74) is 3.00. The second-order valence-corrected chi connectivity index (χ2v) is 12.0. The fourth-order valence-electron chi connectivity index (χ4n) is 5.02. The van der Waals surface area contributed by atoms with E-state index in [0.29, 0.717) is 11.8 Å². The molecule has 2 aliphatic rings. The molecule has 33 heavy (non-hydrogen) atoms. The van der Waals surface area contributed by atoms with Gasteiger partial charge in [0.25, 0.3) is 0 Å². The first-order valence-electron chi connectivity index (χ1n) is 11.7. The molecule has 1 saturated carbocycles. The molecule has 0 atom stereocenters. The third kappa shape index (κ3) is 4.63. The van der Waals surface area contributed by atoms with Gasteiger partial charge in [0, 0.05) is 31.9 Å². The van der Waals surface area contributed by atoms with Crippen LogP contribution in [0, 0.1) is 6.92 Å². The number of anilines is 1. The van der Waals surface area contributed by atoms with Crippen molar-refractivity contribution in [1.82, 2.24) is 14.7 Å².